The maximum absolute atomic E-state index is 10.5. The molecule has 1 aromatic rings. The van der Waals surface area contributed by atoms with Crippen LogP contribution in [0.25, 0.3) is 0 Å². The van der Waals surface area contributed by atoms with Gasteiger partial charge in [-0.15, -0.1) is 0 Å². The number of nitrogens with zero attached hydrogens (tertiary/aromatic N) is 1. The number of likely N-dealkylation sites (N-methyl/N-ethyl adjacent to an activating group) is 1. The molecule has 3 N–H and O–H groups in total. The summed E-state index contributed by atoms with van der Waals surface area (Å²) in [4.78, 5) is 2.06. The minimum absolute atomic E-state index is 0.550. The maximum Gasteiger partial charge on any atom is 0.123 e. The first-order chi connectivity index (χ1) is 9.02. The Morgan fingerprint density at radius 2 is 2.00 bits per heavy atom. The highest BCUT2D eigenvalue weighted by atomic mass is 16.5. The van der Waals surface area contributed by atoms with Crippen molar-refractivity contribution in [3.63, 3.8) is 0 Å². The van der Waals surface area contributed by atoms with Gasteiger partial charge in [0.1, 0.15) is 5.75 Å². The van der Waals surface area contributed by atoms with Crippen molar-refractivity contribution in [2.24, 2.45) is 0 Å². The minimum atomic E-state index is -0.550. The molecule has 0 radical (unpaired) electrons. The van der Waals surface area contributed by atoms with Crippen LogP contribution in [0.3, 0.4) is 0 Å². The topological polar surface area (TPSA) is 58.7 Å². The Kier molecular flexibility index (Phi) is 4.20. The Morgan fingerprint density at radius 3 is 2.63 bits per heavy atom. The fourth-order valence-electron chi connectivity index (χ4n) is 2.80. The number of aliphatic hydroxyl groups is 1. The summed E-state index contributed by atoms with van der Waals surface area (Å²) in [7, 11) is 1.99. The lowest BCUT2D eigenvalue weighted by Crippen LogP contribution is -2.39. The summed E-state index contributed by atoms with van der Waals surface area (Å²) in [5.41, 5.74) is 7.02. The van der Waals surface area contributed by atoms with Crippen LogP contribution in [0.15, 0.2) is 18.2 Å². The van der Waals surface area contributed by atoms with E-state index in [0.717, 1.165) is 37.1 Å². The second-order valence-electron chi connectivity index (χ2n) is 5.48. The van der Waals surface area contributed by atoms with E-state index in [2.05, 4.69) is 4.90 Å². The molecule has 0 spiro atoms. The molecule has 0 atom stereocenters. The molecule has 4 heteroatoms. The number of rotatable bonds is 5. The first kappa shape index (κ1) is 14.0. The summed E-state index contributed by atoms with van der Waals surface area (Å²) >= 11 is 0. The van der Waals surface area contributed by atoms with Gasteiger partial charge in [-0.05, 0) is 25.8 Å². The van der Waals surface area contributed by atoms with Gasteiger partial charge in [0, 0.05) is 37.1 Å². The van der Waals surface area contributed by atoms with Crippen molar-refractivity contribution >= 4 is 11.4 Å². The van der Waals surface area contributed by atoms with Crippen molar-refractivity contribution < 1.29 is 9.84 Å². The van der Waals surface area contributed by atoms with Crippen molar-refractivity contribution in [1.82, 2.24) is 0 Å². The van der Waals surface area contributed by atoms with Gasteiger partial charge in [-0.3, -0.25) is 0 Å². The molecule has 0 aliphatic heterocycles. The lowest BCUT2D eigenvalue weighted by molar-refractivity contribution is 0.0559. The highest BCUT2D eigenvalue weighted by molar-refractivity contribution is 5.60. The third kappa shape index (κ3) is 3.53. The van der Waals surface area contributed by atoms with Gasteiger partial charge < -0.3 is 20.5 Å². The number of anilines is 2. The molecule has 0 bridgehead atoms. The number of ether oxygens (including phenoxy) is 1. The fraction of sp³-hybridized carbons (Fsp3) is 0.600. The van der Waals surface area contributed by atoms with E-state index >= 15 is 0 Å². The number of hydrogen-bond acceptors (Lipinski definition) is 4. The van der Waals surface area contributed by atoms with Gasteiger partial charge in [0.15, 0.2) is 0 Å². The molecule has 0 aromatic heterocycles. The van der Waals surface area contributed by atoms with Crippen LogP contribution in [0.5, 0.6) is 5.75 Å². The van der Waals surface area contributed by atoms with Gasteiger partial charge in [0.25, 0.3) is 0 Å². The molecule has 1 saturated carbocycles. The molecule has 0 heterocycles. The zero-order valence-electron chi connectivity index (χ0n) is 11.9. The average Bonchev–Trinajstić information content (AvgIpc) is 2.75. The normalized spacial score (nSPS) is 17.4. The maximum atomic E-state index is 10.5. The van der Waals surface area contributed by atoms with Crippen molar-refractivity contribution in [1.29, 1.82) is 0 Å². The summed E-state index contributed by atoms with van der Waals surface area (Å²) < 4.78 is 5.50. The molecule has 4 nitrogen and oxygen atoms in total. The molecule has 0 amide bonds. The predicted octanol–water partition coefficient (Wildman–Crippen LogP) is 2.41. The van der Waals surface area contributed by atoms with Gasteiger partial charge in [0.05, 0.1) is 12.2 Å². The number of nitrogens with two attached hydrogens (primary N) is 1. The van der Waals surface area contributed by atoms with Crippen molar-refractivity contribution in [3.8, 4) is 5.75 Å². The molecule has 106 valence electrons. The molecule has 1 fully saturated rings. The van der Waals surface area contributed by atoms with Crippen LogP contribution in [0.4, 0.5) is 11.4 Å². The summed E-state index contributed by atoms with van der Waals surface area (Å²) in [6.45, 7) is 3.21. The van der Waals surface area contributed by atoms with Gasteiger partial charge in [0.2, 0.25) is 0 Å². The van der Waals surface area contributed by atoms with E-state index in [1.807, 2.05) is 32.2 Å². The molecule has 1 aliphatic carbocycles. The molecule has 1 aliphatic rings. The zero-order valence-corrected chi connectivity index (χ0v) is 11.9. The van der Waals surface area contributed by atoms with E-state index in [-0.39, 0.29) is 0 Å². The third-order valence-corrected chi connectivity index (χ3v) is 3.73. The Labute approximate surface area is 115 Å². The van der Waals surface area contributed by atoms with Crippen LogP contribution >= 0.6 is 0 Å². The zero-order chi connectivity index (χ0) is 13.9. The average molecular weight is 264 g/mol. The van der Waals surface area contributed by atoms with E-state index in [9.17, 15) is 5.11 Å². The molecular weight excluding hydrogens is 240 g/mol. The Hall–Kier alpha value is -1.42. The molecular formula is C15H24N2O2. The van der Waals surface area contributed by atoms with Crippen LogP contribution in [0.2, 0.25) is 0 Å². The minimum Gasteiger partial charge on any atom is -0.494 e. The van der Waals surface area contributed by atoms with Crippen molar-refractivity contribution in [2.45, 2.75) is 38.2 Å². The molecule has 2 rings (SSSR count). The second-order valence-corrected chi connectivity index (χ2v) is 5.48. The quantitative estimate of drug-likeness (QED) is 0.802. The predicted molar refractivity (Wildman–Crippen MR) is 78.7 cm³/mol. The van der Waals surface area contributed by atoms with Gasteiger partial charge in [-0.1, -0.05) is 12.8 Å². The van der Waals surface area contributed by atoms with Crippen molar-refractivity contribution in [2.75, 3.05) is 30.8 Å². The van der Waals surface area contributed by atoms with Crippen LogP contribution < -0.4 is 15.4 Å². The summed E-state index contributed by atoms with van der Waals surface area (Å²) in [5.74, 6) is 0.780. The highest BCUT2D eigenvalue weighted by Crippen LogP contribution is 2.32. The lowest BCUT2D eigenvalue weighted by atomic mass is 10.0. The van der Waals surface area contributed by atoms with Gasteiger partial charge in [-0.25, -0.2) is 0 Å². The second kappa shape index (κ2) is 5.70. The first-order valence-electron chi connectivity index (χ1n) is 6.99. The smallest absolute Gasteiger partial charge is 0.123 e. The van der Waals surface area contributed by atoms with E-state index in [1.165, 1.54) is 0 Å². The lowest BCUT2D eigenvalue weighted by Gasteiger charge is -2.30. The Bertz CT molecular complexity index is 428. The Morgan fingerprint density at radius 1 is 1.32 bits per heavy atom. The van der Waals surface area contributed by atoms with Crippen LogP contribution in [0, 0.1) is 0 Å². The van der Waals surface area contributed by atoms with Crippen molar-refractivity contribution in [3.05, 3.63) is 18.2 Å². The summed E-state index contributed by atoms with van der Waals surface area (Å²) in [5, 5.41) is 10.5. The fourth-order valence-corrected chi connectivity index (χ4v) is 2.80. The molecule has 19 heavy (non-hydrogen) atoms. The number of nitrogen functional groups attached to an aromatic ring is 1. The van der Waals surface area contributed by atoms with Gasteiger partial charge >= 0.3 is 0 Å². The Balaban J connectivity index is 2.11. The SMILES string of the molecule is CCOc1cc(N)cc(N(C)CC2(O)CCCC2)c1. The van der Waals surface area contributed by atoms with Crippen LogP contribution in [-0.4, -0.2) is 30.9 Å². The van der Waals surface area contributed by atoms with Crippen LogP contribution in [0.1, 0.15) is 32.6 Å². The number of hydrogen-bond donors (Lipinski definition) is 2. The molecule has 0 unspecified atom stereocenters. The standard InChI is InChI=1S/C15H24N2O2/c1-3-19-14-9-12(16)8-13(10-14)17(2)11-15(18)6-4-5-7-15/h8-10,18H,3-7,11,16H2,1-2H3. The number of benzene rings is 1. The highest BCUT2D eigenvalue weighted by Gasteiger charge is 2.32. The monoisotopic (exact) mass is 264 g/mol. The summed E-state index contributed by atoms with van der Waals surface area (Å²) in [6.07, 6.45) is 4.01. The van der Waals surface area contributed by atoms with E-state index in [4.69, 9.17) is 10.5 Å². The van der Waals surface area contributed by atoms with E-state index < -0.39 is 5.60 Å². The summed E-state index contributed by atoms with van der Waals surface area (Å²) in [6, 6.07) is 5.71. The largest absolute Gasteiger partial charge is 0.494 e. The molecule has 0 saturated heterocycles. The van der Waals surface area contributed by atoms with Crippen LogP contribution in [-0.2, 0) is 0 Å². The molecule has 1 aromatic carbocycles. The third-order valence-electron chi connectivity index (χ3n) is 3.73. The van der Waals surface area contributed by atoms with E-state index in [0.29, 0.717) is 18.8 Å². The van der Waals surface area contributed by atoms with Gasteiger partial charge in [-0.2, -0.15) is 0 Å². The van der Waals surface area contributed by atoms with E-state index in [1.54, 1.807) is 0 Å². The first-order valence-corrected chi connectivity index (χ1v) is 6.99.